The number of rotatable bonds is 3. The highest BCUT2D eigenvalue weighted by molar-refractivity contribution is 7.10. The Morgan fingerprint density at radius 2 is 2.43 bits per heavy atom. The van der Waals surface area contributed by atoms with E-state index in [0.29, 0.717) is 25.3 Å². The smallest absolute Gasteiger partial charge is 0.258 e. The molecule has 3 rings (SSSR count). The number of nitrogens with zero attached hydrogens (tertiary/aromatic N) is 2. The van der Waals surface area contributed by atoms with Gasteiger partial charge in [-0.25, -0.2) is 0 Å². The molecule has 6 nitrogen and oxygen atoms in total. The van der Waals surface area contributed by atoms with Crippen molar-refractivity contribution in [3.05, 3.63) is 35.4 Å². The van der Waals surface area contributed by atoms with E-state index in [0.717, 1.165) is 16.5 Å². The highest BCUT2D eigenvalue weighted by atomic mass is 32.1. The lowest BCUT2D eigenvalue weighted by molar-refractivity contribution is -0.0321. The predicted molar refractivity (Wildman–Crippen MR) is 79.7 cm³/mol. The first-order valence-corrected chi connectivity index (χ1v) is 7.56. The standard InChI is InChI=1S/C14H17N3O3S/c1-9-12(13(15-2)21-16-9)14(18)17-5-7-20-11(8-17)10-4-3-6-19-10/h3-4,6,11,15H,5,7-8H2,1-2H3/t11-/m0/s1. The molecule has 7 heteroatoms. The molecule has 0 saturated carbocycles. The Bertz CT molecular complexity index is 623. The summed E-state index contributed by atoms with van der Waals surface area (Å²) in [6, 6.07) is 3.70. The van der Waals surface area contributed by atoms with Crippen LogP contribution in [-0.4, -0.2) is 41.9 Å². The summed E-state index contributed by atoms with van der Waals surface area (Å²) in [6.45, 7) is 3.43. The molecule has 112 valence electrons. The van der Waals surface area contributed by atoms with Gasteiger partial charge >= 0.3 is 0 Å². The van der Waals surface area contributed by atoms with Crippen LogP contribution in [0.1, 0.15) is 27.9 Å². The fourth-order valence-electron chi connectivity index (χ4n) is 2.43. The van der Waals surface area contributed by atoms with Gasteiger partial charge in [0.25, 0.3) is 5.91 Å². The van der Waals surface area contributed by atoms with Gasteiger partial charge in [0.1, 0.15) is 16.9 Å². The van der Waals surface area contributed by atoms with Gasteiger partial charge in [-0.2, -0.15) is 4.37 Å². The second-order valence-electron chi connectivity index (χ2n) is 4.85. The van der Waals surface area contributed by atoms with E-state index in [2.05, 4.69) is 9.69 Å². The lowest BCUT2D eigenvalue weighted by atomic mass is 10.1. The van der Waals surface area contributed by atoms with Gasteiger partial charge < -0.3 is 19.4 Å². The second-order valence-corrected chi connectivity index (χ2v) is 5.62. The van der Waals surface area contributed by atoms with Gasteiger partial charge in [-0.15, -0.1) is 0 Å². The zero-order valence-electron chi connectivity index (χ0n) is 12.0. The number of aromatic nitrogens is 1. The third kappa shape index (κ3) is 2.66. The van der Waals surface area contributed by atoms with Crippen molar-refractivity contribution in [2.75, 3.05) is 32.1 Å². The summed E-state index contributed by atoms with van der Waals surface area (Å²) in [5.41, 5.74) is 1.41. The highest BCUT2D eigenvalue weighted by Crippen LogP contribution is 2.28. The number of ether oxygens (including phenoxy) is 1. The van der Waals surface area contributed by atoms with Crippen molar-refractivity contribution >= 4 is 22.4 Å². The average molecular weight is 307 g/mol. The van der Waals surface area contributed by atoms with E-state index in [1.165, 1.54) is 11.5 Å². The van der Waals surface area contributed by atoms with Gasteiger partial charge in [0.15, 0.2) is 0 Å². The Balaban J connectivity index is 1.80. The monoisotopic (exact) mass is 307 g/mol. The van der Waals surface area contributed by atoms with Crippen LogP contribution in [0.2, 0.25) is 0 Å². The van der Waals surface area contributed by atoms with Gasteiger partial charge in [0.05, 0.1) is 30.7 Å². The molecular weight excluding hydrogens is 290 g/mol. The molecular formula is C14H17N3O3S. The molecule has 3 heterocycles. The summed E-state index contributed by atoms with van der Waals surface area (Å²) in [6.07, 6.45) is 1.41. The van der Waals surface area contributed by atoms with E-state index < -0.39 is 0 Å². The molecule has 1 aliphatic heterocycles. The van der Waals surface area contributed by atoms with Gasteiger partial charge in [0.2, 0.25) is 0 Å². The van der Waals surface area contributed by atoms with Crippen molar-refractivity contribution in [3.8, 4) is 0 Å². The van der Waals surface area contributed by atoms with Crippen molar-refractivity contribution < 1.29 is 13.9 Å². The summed E-state index contributed by atoms with van der Waals surface area (Å²) in [5.74, 6) is 0.743. The van der Waals surface area contributed by atoms with Crippen LogP contribution in [-0.2, 0) is 4.74 Å². The number of nitrogens with one attached hydrogen (secondary N) is 1. The Morgan fingerprint density at radius 3 is 3.14 bits per heavy atom. The minimum absolute atomic E-state index is 0.00884. The quantitative estimate of drug-likeness (QED) is 0.942. The lowest BCUT2D eigenvalue weighted by Crippen LogP contribution is -2.42. The number of carbonyl (C=O) groups is 1. The van der Waals surface area contributed by atoms with Gasteiger partial charge in [-0.05, 0) is 30.6 Å². The molecule has 2 aromatic heterocycles. The Morgan fingerprint density at radius 1 is 1.57 bits per heavy atom. The third-order valence-corrected chi connectivity index (χ3v) is 4.47. The molecule has 1 amide bonds. The average Bonchev–Trinajstić information content (AvgIpc) is 3.16. The van der Waals surface area contributed by atoms with Crippen LogP contribution in [0.25, 0.3) is 0 Å². The Labute approximate surface area is 126 Å². The van der Waals surface area contributed by atoms with Crippen LogP contribution in [0, 0.1) is 6.92 Å². The van der Waals surface area contributed by atoms with Crippen LogP contribution >= 0.6 is 11.5 Å². The minimum Gasteiger partial charge on any atom is -0.467 e. The SMILES string of the molecule is CNc1snc(C)c1C(=O)N1CCO[C@H](c2ccco2)C1. The molecule has 2 aromatic rings. The molecule has 1 aliphatic rings. The molecule has 1 saturated heterocycles. The number of hydrogen-bond acceptors (Lipinski definition) is 6. The first-order valence-electron chi connectivity index (χ1n) is 6.79. The van der Waals surface area contributed by atoms with Crippen LogP contribution < -0.4 is 5.32 Å². The number of hydrogen-bond donors (Lipinski definition) is 1. The maximum Gasteiger partial charge on any atom is 0.258 e. The van der Waals surface area contributed by atoms with Crippen molar-refractivity contribution in [1.29, 1.82) is 0 Å². The zero-order chi connectivity index (χ0) is 14.8. The third-order valence-electron chi connectivity index (χ3n) is 3.52. The van der Waals surface area contributed by atoms with Crippen molar-refractivity contribution in [2.45, 2.75) is 13.0 Å². The van der Waals surface area contributed by atoms with Crippen molar-refractivity contribution in [3.63, 3.8) is 0 Å². The fraction of sp³-hybridized carbons (Fsp3) is 0.429. The molecule has 0 spiro atoms. The number of furan rings is 1. The lowest BCUT2D eigenvalue weighted by Gasteiger charge is -2.32. The summed E-state index contributed by atoms with van der Waals surface area (Å²) in [5, 5.41) is 3.84. The Hall–Kier alpha value is -1.86. The molecule has 1 fully saturated rings. The normalized spacial score (nSPS) is 18.8. The number of amides is 1. The van der Waals surface area contributed by atoms with E-state index >= 15 is 0 Å². The first-order chi connectivity index (χ1) is 10.2. The first kappa shape index (κ1) is 14.1. The molecule has 0 bridgehead atoms. The van der Waals surface area contributed by atoms with Gasteiger partial charge in [0, 0.05) is 13.6 Å². The van der Waals surface area contributed by atoms with Crippen molar-refractivity contribution in [2.24, 2.45) is 0 Å². The zero-order valence-corrected chi connectivity index (χ0v) is 12.8. The summed E-state index contributed by atoms with van der Waals surface area (Å²) in [7, 11) is 1.80. The summed E-state index contributed by atoms with van der Waals surface area (Å²) in [4.78, 5) is 14.5. The maximum atomic E-state index is 12.7. The molecule has 0 aliphatic carbocycles. The van der Waals surface area contributed by atoms with E-state index in [9.17, 15) is 4.79 Å². The second kappa shape index (κ2) is 5.87. The number of carbonyl (C=O) groups excluding carboxylic acids is 1. The molecule has 1 atom stereocenters. The maximum absolute atomic E-state index is 12.7. The van der Waals surface area contributed by atoms with E-state index in [1.54, 1.807) is 18.2 Å². The van der Waals surface area contributed by atoms with E-state index in [4.69, 9.17) is 9.15 Å². The van der Waals surface area contributed by atoms with Crippen LogP contribution in [0.3, 0.4) is 0 Å². The number of morpholine rings is 1. The molecule has 0 unspecified atom stereocenters. The van der Waals surface area contributed by atoms with Crippen LogP contribution in [0.5, 0.6) is 0 Å². The number of anilines is 1. The van der Waals surface area contributed by atoms with Crippen LogP contribution in [0.4, 0.5) is 5.00 Å². The topological polar surface area (TPSA) is 67.6 Å². The summed E-state index contributed by atoms with van der Waals surface area (Å²) >= 11 is 1.31. The minimum atomic E-state index is -0.206. The Kier molecular flexibility index (Phi) is 3.94. The van der Waals surface area contributed by atoms with Crippen LogP contribution in [0.15, 0.2) is 22.8 Å². The predicted octanol–water partition coefficient (Wildman–Crippen LogP) is 2.30. The summed E-state index contributed by atoms with van der Waals surface area (Å²) < 4.78 is 15.3. The molecule has 0 aromatic carbocycles. The van der Waals surface area contributed by atoms with E-state index in [1.807, 2.05) is 19.1 Å². The van der Waals surface area contributed by atoms with Gasteiger partial charge in [-0.3, -0.25) is 4.79 Å². The van der Waals surface area contributed by atoms with Gasteiger partial charge in [-0.1, -0.05) is 0 Å². The molecule has 21 heavy (non-hydrogen) atoms. The number of aryl methyl sites for hydroxylation is 1. The highest BCUT2D eigenvalue weighted by Gasteiger charge is 2.30. The molecule has 1 N–H and O–H groups in total. The fourth-order valence-corrected chi connectivity index (χ4v) is 3.17. The largest absolute Gasteiger partial charge is 0.467 e. The van der Waals surface area contributed by atoms with E-state index in [-0.39, 0.29) is 12.0 Å². The molecule has 0 radical (unpaired) electrons. The van der Waals surface area contributed by atoms with Crippen molar-refractivity contribution in [1.82, 2.24) is 9.27 Å².